The van der Waals surface area contributed by atoms with Crippen molar-refractivity contribution in [3.63, 3.8) is 0 Å². The number of halogens is 1. The van der Waals surface area contributed by atoms with E-state index in [1.54, 1.807) is 0 Å². The molecular weight excluding hydrogens is 259 g/mol. The number of hydrogen-bond acceptors (Lipinski definition) is 4. The molecule has 0 saturated carbocycles. The smallest absolute Gasteiger partial charge is 0.340 e. The monoisotopic (exact) mass is 274 g/mol. The van der Waals surface area contributed by atoms with Gasteiger partial charge >= 0.3 is 5.97 Å². The van der Waals surface area contributed by atoms with E-state index in [9.17, 15) is 17.6 Å². The van der Waals surface area contributed by atoms with Gasteiger partial charge in [0.15, 0.2) is 0 Å². The van der Waals surface area contributed by atoms with Crippen LogP contribution in [0.5, 0.6) is 0 Å². The zero-order chi connectivity index (χ0) is 13.9. The van der Waals surface area contributed by atoms with Crippen molar-refractivity contribution in [3.05, 3.63) is 34.6 Å². The fourth-order valence-corrected chi connectivity index (χ4v) is 2.27. The molecule has 0 aliphatic carbocycles. The van der Waals surface area contributed by atoms with E-state index in [4.69, 9.17) is 0 Å². The maximum Gasteiger partial charge on any atom is 0.340 e. The molecule has 1 rings (SSSR count). The number of thiol groups is 1. The molecule has 0 bridgehead atoms. The average molecular weight is 274 g/mol. The lowest BCUT2D eigenvalue weighted by Crippen LogP contribution is -2.08. The third kappa shape index (κ3) is 3.29. The summed E-state index contributed by atoms with van der Waals surface area (Å²) in [4.78, 5) is 11.3. The predicted octanol–water partition coefficient (Wildman–Crippen LogP) is 1.85. The molecule has 0 amide bonds. The summed E-state index contributed by atoms with van der Waals surface area (Å²) < 4.78 is 39.8. The van der Waals surface area contributed by atoms with Gasteiger partial charge in [0.1, 0.15) is 16.5 Å². The van der Waals surface area contributed by atoms with Gasteiger partial charge in [0.2, 0.25) is 0 Å². The molecule has 100 valence electrons. The summed E-state index contributed by atoms with van der Waals surface area (Å²) in [5, 5.41) is 0. The van der Waals surface area contributed by atoms with Gasteiger partial charge in [-0.15, -0.1) is 0 Å². The van der Waals surface area contributed by atoms with E-state index in [1.165, 1.54) is 12.1 Å². The lowest BCUT2D eigenvalue weighted by Gasteiger charge is -2.13. The third-order valence-electron chi connectivity index (χ3n) is 2.56. The average Bonchev–Trinajstić information content (AvgIpc) is 2.29. The number of rotatable bonds is 4. The summed E-state index contributed by atoms with van der Waals surface area (Å²) in [5.74, 6) is -1.76. The highest BCUT2D eigenvalue weighted by Crippen LogP contribution is 2.24. The standard InChI is InChI=1S/C12H15FO4S/c1-7(2)9-5-11(13)10(12(14)17-3)4-8(9)6-18(15)16/h4-5,7,18H,6H2,1-3H3. The second-order valence-electron chi connectivity index (χ2n) is 4.17. The molecule has 0 saturated heterocycles. The highest BCUT2D eigenvalue weighted by molar-refractivity contribution is 7.71. The number of carbonyl (C=O) groups excluding carboxylic acids is 1. The van der Waals surface area contributed by atoms with Gasteiger partial charge < -0.3 is 4.74 Å². The Morgan fingerprint density at radius 1 is 1.39 bits per heavy atom. The summed E-state index contributed by atoms with van der Waals surface area (Å²) in [5.41, 5.74) is 0.774. The van der Waals surface area contributed by atoms with Gasteiger partial charge in [0.05, 0.1) is 18.4 Å². The minimum Gasteiger partial charge on any atom is -0.465 e. The molecule has 0 aliphatic heterocycles. The number of methoxy groups -OCH3 is 1. The van der Waals surface area contributed by atoms with Crippen molar-refractivity contribution in [3.8, 4) is 0 Å². The van der Waals surface area contributed by atoms with E-state index in [0.29, 0.717) is 11.1 Å². The van der Waals surface area contributed by atoms with Crippen LogP contribution < -0.4 is 0 Å². The molecule has 6 heteroatoms. The molecule has 0 heterocycles. The fraction of sp³-hybridized carbons (Fsp3) is 0.417. The predicted molar refractivity (Wildman–Crippen MR) is 65.8 cm³/mol. The SMILES string of the molecule is COC(=O)c1cc(C[SH](=O)=O)c(C(C)C)cc1F. The Morgan fingerprint density at radius 2 is 2.00 bits per heavy atom. The Labute approximate surface area is 107 Å². The van der Waals surface area contributed by atoms with Crippen molar-refractivity contribution in [1.82, 2.24) is 0 Å². The Bertz CT molecular complexity index is 527. The zero-order valence-electron chi connectivity index (χ0n) is 10.4. The molecule has 0 atom stereocenters. The summed E-state index contributed by atoms with van der Waals surface area (Å²) in [6.45, 7) is 3.65. The quantitative estimate of drug-likeness (QED) is 0.672. The molecule has 4 nitrogen and oxygen atoms in total. The largest absolute Gasteiger partial charge is 0.465 e. The Morgan fingerprint density at radius 3 is 2.44 bits per heavy atom. The van der Waals surface area contributed by atoms with Crippen molar-refractivity contribution in [2.75, 3.05) is 7.11 Å². The van der Waals surface area contributed by atoms with Gasteiger partial charge in [-0.2, -0.15) is 0 Å². The topological polar surface area (TPSA) is 60.4 Å². The third-order valence-corrected chi connectivity index (χ3v) is 3.15. The molecule has 1 aromatic rings. The van der Waals surface area contributed by atoms with E-state index >= 15 is 0 Å². The first kappa shape index (κ1) is 14.6. The van der Waals surface area contributed by atoms with Crippen LogP contribution in [0, 0.1) is 5.82 Å². The van der Waals surface area contributed by atoms with Gasteiger partial charge in [-0.1, -0.05) is 13.8 Å². The van der Waals surface area contributed by atoms with Crippen LogP contribution in [0.3, 0.4) is 0 Å². The van der Waals surface area contributed by atoms with E-state index < -0.39 is 22.5 Å². The maximum absolute atomic E-state index is 13.7. The minimum atomic E-state index is -2.64. The summed E-state index contributed by atoms with van der Waals surface area (Å²) >= 11 is 0. The van der Waals surface area contributed by atoms with Crippen LogP contribution in [0.4, 0.5) is 4.39 Å². The fourth-order valence-electron chi connectivity index (χ4n) is 1.71. The first-order chi connectivity index (χ1) is 8.36. The van der Waals surface area contributed by atoms with E-state index in [0.717, 1.165) is 7.11 Å². The minimum absolute atomic E-state index is 0.0313. The lowest BCUT2D eigenvalue weighted by atomic mass is 9.95. The number of benzene rings is 1. The lowest BCUT2D eigenvalue weighted by molar-refractivity contribution is 0.0595. The van der Waals surface area contributed by atoms with Crippen molar-refractivity contribution < 1.29 is 22.3 Å². The van der Waals surface area contributed by atoms with Gasteiger partial charge in [0.25, 0.3) is 0 Å². The molecule has 1 aromatic carbocycles. The first-order valence-electron chi connectivity index (χ1n) is 5.39. The normalized spacial score (nSPS) is 11.0. The molecule has 0 N–H and O–H groups in total. The van der Waals surface area contributed by atoms with Crippen LogP contribution in [-0.4, -0.2) is 21.5 Å². The number of ether oxygens (including phenoxy) is 1. The second kappa shape index (κ2) is 5.95. The van der Waals surface area contributed by atoms with Crippen molar-refractivity contribution in [2.24, 2.45) is 0 Å². The van der Waals surface area contributed by atoms with Gasteiger partial charge in [-0.05, 0) is 29.2 Å². The van der Waals surface area contributed by atoms with Gasteiger partial charge in [-0.3, -0.25) is 0 Å². The molecule has 0 unspecified atom stereocenters. The van der Waals surface area contributed by atoms with Crippen LogP contribution in [0.1, 0.15) is 41.3 Å². The van der Waals surface area contributed by atoms with Gasteiger partial charge in [-0.25, -0.2) is 17.6 Å². The molecule has 18 heavy (non-hydrogen) atoms. The maximum atomic E-state index is 13.7. The molecule has 0 aliphatic rings. The number of carbonyl (C=O) groups is 1. The highest BCUT2D eigenvalue weighted by atomic mass is 32.2. The Kier molecular flexibility index (Phi) is 4.84. The van der Waals surface area contributed by atoms with E-state index in [2.05, 4.69) is 4.74 Å². The number of hydrogen-bond donors (Lipinski definition) is 1. The van der Waals surface area contributed by atoms with Crippen LogP contribution in [0.2, 0.25) is 0 Å². The molecule has 0 spiro atoms. The molecule has 0 aromatic heterocycles. The van der Waals surface area contributed by atoms with Gasteiger partial charge in [0, 0.05) is 0 Å². The first-order valence-corrected chi connectivity index (χ1v) is 6.75. The summed E-state index contributed by atoms with van der Waals surface area (Å²) in [7, 11) is -1.49. The Hall–Kier alpha value is -1.43. The van der Waals surface area contributed by atoms with Crippen LogP contribution >= 0.6 is 0 Å². The molecule has 0 radical (unpaired) electrons. The zero-order valence-corrected chi connectivity index (χ0v) is 11.3. The van der Waals surface area contributed by atoms with Crippen LogP contribution in [-0.2, 0) is 21.2 Å². The molecular formula is C12H15FO4S. The van der Waals surface area contributed by atoms with Crippen molar-refractivity contribution in [2.45, 2.75) is 25.5 Å². The van der Waals surface area contributed by atoms with Crippen molar-refractivity contribution in [1.29, 1.82) is 0 Å². The van der Waals surface area contributed by atoms with E-state index in [1.807, 2.05) is 13.8 Å². The highest BCUT2D eigenvalue weighted by Gasteiger charge is 2.18. The van der Waals surface area contributed by atoms with Crippen LogP contribution in [0.15, 0.2) is 12.1 Å². The van der Waals surface area contributed by atoms with E-state index in [-0.39, 0.29) is 17.2 Å². The number of esters is 1. The summed E-state index contributed by atoms with van der Waals surface area (Å²) in [6.07, 6.45) is 0. The van der Waals surface area contributed by atoms with Crippen molar-refractivity contribution >= 4 is 16.7 Å². The summed E-state index contributed by atoms with van der Waals surface area (Å²) in [6, 6.07) is 2.45. The second-order valence-corrected chi connectivity index (χ2v) is 5.15. The Balaban J connectivity index is 3.39. The van der Waals surface area contributed by atoms with Crippen LogP contribution in [0.25, 0.3) is 0 Å². The molecule has 0 fully saturated rings.